The molecule has 0 radical (unpaired) electrons. The fourth-order valence-electron chi connectivity index (χ4n) is 4.15. The maximum Gasteiger partial charge on any atom is 0.341 e. The Kier molecular flexibility index (Phi) is 5.96. The van der Waals surface area contributed by atoms with Crippen molar-refractivity contribution in [3.8, 4) is 18.0 Å². The molecule has 4 heterocycles. The van der Waals surface area contributed by atoms with E-state index in [2.05, 4.69) is 20.2 Å². The van der Waals surface area contributed by atoms with Crippen molar-refractivity contribution in [3.05, 3.63) is 65.1 Å². The minimum atomic E-state index is -0.685. The molecule has 0 saturated carbocycles. The number of carbonyl (C=O) groups excluding carboxylic acids is 1. The number of carbonyl (C=O) groups is 1. The molecule has 0 aliphatic carbocycles. The molecular weight excluding hydrogens is 470 g/mol. The van der Waals surface area contributed by atoms with Crippen molar-refractivity contribution in [2.24, 2.45) is 5.10 Å². The van der Waals surface area contributed by atoms with Crippen molar-refractivity contribution in [1.82, 2.24) is 29.7 Å². The number of halogens is 2. The fourth-order valence-corrected chi connectivity index (χ4v) is 4.15. The Morgan fingerprint density at radius 1 is 1.08 bits per heavy atom. The zero-order valence-electron chi connectivity index (χ0n) is 18.8. The van der Waals surface area contributed by atoms with Crippen LogP contribution in [-0.4, -0.2) is 68.1 Å². The van der Waals surface area contributed by atoms with Crippen LogP contribution in [0.4, 0.5) is 19.5 Å². The lowest BCUT2D eigenvalue weighted by Crippen LogP contribution is -2.52. The van der Waals surface area contributed by atoms with Gasteiger partial charge in [0.15, 0.2) is 17.3 Å². The first-order valence-corrected chi connectivity index (χ1v) is 11.0. The molecule has 2 aliphatic heterocycles. The molecule has 1 atom stereocenters. The Balaban J connectivity index is 1.28. The summed E-state index contributed by atoms with van der Waals surface area (Å²) in [7, 11) is 0. The van der Waals surface area contributed by atoms with Crippen LogP contribution < -0.4 is 4.90 Å². The van der Waals surface area contributed by atoms with E-state index in [1.54, 1.807) is 17.2 Å². The third-order valence-corrected chi connectivity index (χ3v) is 5.93. The van der Waals surface area contributed by atoms with Crippen molar-refractivity contribution in [2.75, 3.05) is 31.1 Å². The van der Waals surface area contributed by atoms with Gasteiger partial charge < -0.3 is 9.80 Å². The third-order valence-electron chi connectivity index (χ3n) is 5.93. The molecule has 1 saturated heterocycles. The quantitative estimate of drug-likeness (QED) is 0.553. The Morgan fingerprint density at radius 2 is 1.89 bits per heavy atom. The number of rotatable bonds is 3. The minimum absolute atomic E-state index is 0.0823. The number of nitrogens with zero attached hydrogens (tertiary/aromatic N) is 10. The van der Waals surface area contributed by atoms with E-state index in [0.29, 0.717) is 38.2 Å². The average molecular weight is 488 g/mol. The summed E-state index contributed by atoms with van der Waals surface area (Å²) in [6, 6.07) is 8.42. The molecule has 0 spiro atoms. The first kappa shape index (κ1) is 22.9. The smallest absolute Gasteiger partial charge is 0.337 e. The normalized spacial score (nSPS) is 17.2. The highest BCUT2D eigenvalue weighted by Gasteiger charge is 2.34. The van der Waals surface area contributed by atoms with Crippen LogP contribution in [0, 0.1) is 34.3 Å². The molecule has 5 rings (SSSR count). The van der Waals surface area contributed by atoms with Gasteiger partial charge in [-0.15, -0.1) is 0 Å². The number of piperazine rings is 1. The summed E-state index contributed by atoms with van der Waals surface area (Å²) in [6.07, 6.45) is 4.49. The van der Waals surface area contributed by atoms with Crippen LogP contribution in [0.25, 0.3) is 5.82 Å². The summed E-state index contributed by atoms with van der Waals surface area (Å²) >= 11 is 0. The van der Waals surface area contributed by atoms with E-state index in [4.69, 9.17) is 10.5 Å². The van der Waals surface area contributed by atoms with E-state index in [1.807, 2.05) is 17.0 Å². The molecule has 11 nitrogen and oxygen atoms in total. The van der Waals surface area contributed by atoms with Crippen LogP contribution in [0.5, 0.6) is 0 Å². The van der Waals surface area contributed by atoms with E-state index in [9.17, 15) is 13.6 Å². The summed E-state index contributed by atoms with van der Waals surface area (Å²) in [4.78, 5) is 25.0. The number of benzene rings is 1. The Labute approximate surface area is 204 Å². The number of hydrazone groups is 1. The molecule has 0 unspecified atom stereocenters. The van der Waals surface area contributed by atoms with Gasteiger partial charge in [0.2, 0.25) is 5.95 Å². The van der Waals surface area contributed by atoms with E-state index in [1.165, 1.54) is 28.0 Å². The van der Waals surface area contributed by atoms with Gasteiger partial charge in [0, 0.05) is 45.0 Å². The van der Waals surface area contributed by atoms with E-state index >= 15 is 0 Å². The minimum Gasteiger partial charge on any atom is -0.337 e. The zero-order chi connectivity index (χ0) is 25.2. The van der Waals surface area contributed by atoms with E-state index < -0.39 is 17.7 Å². The highest BCUT2D eigenvalue weighted by Crippen LogP contribution is 2.30. The number of urea groups is 1. The molecule has 36 heavy (non-hydrogen) atoms. The first-order valence-electron chi connectivity index (χ1n) is 11.0. The second-order valence-electron chi connectivity index (χ2n) is 8.13. The number of amides is 2. The Bertz CT molecular complexity index is 1430. The third kappa shape index (κ3) is 4.30. The van der Waals surface area contributed by atoms with Gasteiger partial charge in [-0.1, -0.05) is 0 Å². The molecule has 1 fully saturated rings. The Hall–Kier alpha value is -4.91. The van der Waals surface area contributed by atoms with E-state index in [0.717, 1.165) is 12.3 Å². The second-order valence-corrected chi connectivity index (χ2v) is 8.13. The van der Waals surface area contributed by atoms with Crippen LogP contribution in [0.1, 0.15) is 29.3 Å². The summed E-state index contributed by atoms with van der Waals surface area (Å²) in [5.74, 6) is -1.04. The van der Waals surface area contributed by atoms with Crippen LogP contribution in [0.3, 0.4) is 0 Å². The molecule has 3 aromatic rings. The van der Waals surface area contributed by atoms with Crippen LogP contribution >= 0.6 is 0 Å². The van der Waals surface area contributed by atoms with Gasteiger partial charge in [0.05, 0.1) is 23.9 Å². The lowest BCUT2D eigenvalue weighted by Gasteiger charge is -2.37. The lowest BCUT2D eigenvalue weighted by molar-refractivity contribution is 0.139. The van der Waals surface area contributed by atoms with Gasteiger partial charge in [-0.05, 0) is 29.8 Å². The van der Waals surface area contributed by atoms with Crippen LogP contribution in [0.15, 0.2) is 41.8 Å². The molecule has 0 bridgehead atoms. The van der Waals surface area contributed by atoms with Crippen molar-refractivity contribution >= 4 is 18.2 Å². The SMILES string of the molecule is N#Cc1cc(F)cc([C@@H]2CC=NN2C(=O)N2CCN(c3ncc(F)c(-n4ccc(C#N)n4)n3)CC2)c1. The molecule has 13 heteroatoms. The van der Waals surface area contributed by atoms with E-state index in [-0.39, 0.29) is 29.1 Å². The maximum atomic E-state index is 14.3. The van der Waals surface area contributed by atoms with Gasteiger partial charge in [-0.3, -0.25) is 0 Å². The van der Waals surface area contributed by atoms with Crippen molar-refractivity contribution < 1.29 is 13.6 Å². The highest BCUT2D eigenvalue weighted by atomic mass is 19.1. The predicted octanol–water partition coefficient (Wildman–Crippen LogP) is 2.36. The molecule has 2 amide bonds. The fraction of sp³-hybridized carbons (Fsp3) is 0.261. The van der Waals surface area contributed by atoms with Crippen molar-refractivity contribution in [3.63, 3.8) is 0 Å². The average Bonchev–Trinajstić information content (AvgIpc) is 3.58. The summed E-state index contributed by atoms with van der Waals surface area (Å²) in [6.45, 7) is 1.45. The van der Waals surface area contributed by atoms with Gasteiger partial charge in [0.1, 0.15) is 11.9 Å². The van der Waals surface area contributed by atoms with Gasteiger partial charge in [-0.25, -0.2) is 28.3 Å². The molecule has 2 aromatic heterocycles. The number of aromatic nitrogens is 4. The number of hydrogen-bond donors (Lipinski definition) is 0. The topological polar surface area (TPSA) is 130 Å². The monoisotopic (exact) mass is 488 g/mol. The summed E-state index contributed by atoms with van der Waals surface area (Å²) in [5.41, 5.74) is 0.809. The van der Waals surface area contributed by atoms with Crippen LogP contribution in [0.2, 0.25) is 0 Å². The molecule has 180 valence electrons. The van der Waals surface area contributed by atoms with Gasteiger partial charge in [0.25, 0.3) is 0 Å². The largest absolute Gasteiger partial charge is 0.341 e. The maximum absolute atomic E-state index is 14.3. The van der Waals surface area contributed by atoms with Crippen LogP contribution in [-0.2, 0) is 0 Å². The standard InChI is InChI=1S/C23H18F2N10O/c24-17-10-15(12-26)9-16(11-17)20-1-3-29-35(20)23(36)33-7-5-32(6-8-33)22-28-14-19(25)21(30-22)34-4-2-18(13-27)31-34/h2-4,9-11,14,20H,1,5-8H2/t20-/m0/s1. The molecule has 0 N–H and O–H groups in total. The van der Waals surface area contributed by atoms with Gasteiger partial charge in [-0.2, -0.15) is 25.7 Å². The number of anilines is 1. The van der Waals surface area contributed by atoms with Crippen molar-refractivity contribution in [2.45, 2.75) is 12.5 Å². The Morgan fingerprint density at radius 3 is 2.61 bits per heavy atom. The molecular formula is C23H18F2N10O. The highest BCUT2D eigenvalue weighted by molar-refractivity contribution is 5.78. The molecule has 2 aliphatic rings. The number of hydrogen-bond acceptors (Lipinski definition) is 8. The predicted molar refractivity (Wildman–Crippen MR) is 122 cm³/mol. The van der Waals surface area contributed by atoms with Gasteiger partial charge >= 0.3 is 6.03 Å². The summed E-state index contributed by atoms with van der Waals surface area (Å²) in [5, 5.41) is 27.6. The van der Waals surface area contributed by atoms with Crippen molar-refractivity contribution in [1.29, 1.82) is 10.5 Å². The summed E-state index contributed by atoms with van der Waals surface area (Å²) < 4.78 is 29.5. The lowest BCUT2D eigenvalue weighted by atomic mass is 10.0. The number of nitriles is 2. The second kappa shape index (κ2) is 9.38. The molecule has 1 aromatic carbocycles. The zero-order valence-corrected chi connectivity index (χ0v) is 18.8. The first-order chi connectivity index (χ1) is 17.5.